The van der Waals surface area contributed by atoms with Gasteiger partial charge in [-0.15, -0.1) is 0 Å². The van der Waals surface area contributed by atoms with E-state index >= 15 is 0 Å². The summed E-state index contributed by atoms with van der Waals surface area (Å²) in [7, 11) is 1.25. The average Bonchev–Trinajstić information content (AvgIpc) is 2.29. The zero-order valence-electron chi connectivity index (χ0n) is 10.4. The van der Waals surface area contributed by atoms with Gasteiger partial charge in [0.2, 0.25) is 0 Å². The molecule has 1 aromatic rings. The van der Waals surface area contributed by atoms with Crippen LogP contribution in [-0.2, 0) is 23.3 Å². The van der Waals surface area contributed by atoms with Gasteiger partial charge >= 0.3 is 0 Å². The molecule has 0 spiro atoms. The van der Waals surface area contributed by atoms with Crippen molar-refractivity contribution in [3.63, 3.8) is 0 Å². The summed E-state index contributed by atoms with van der Waals surface area (Å²) in [5.41, 5.74) is 7.47. The molecule has 0 saturated heterocycles. The first-order valence-corrected chi connectivity index (χ1v) is 6.69. The summed E-state index contributed by atoms with van der Waals surface area (Å²) in [6.45, 7) is 0.845. The molecule has 5 nitrogen and oxygen atoms in total. The van der Waals surface area contributed by atoms with Gasteiger partial charge in [0.1, 0.15) is 0 Å². The molecule has 17 heavy (non-hydrogen) atoms. The van der Waals surface area contributed by atoms with Crippen LogP contribution in [0.3, 0.4) is 0 Å². The lowest BCUT2D eigenvalue weighted by Crippen LogP contribution is -2.36. The normalized spacial score (nSPS) is 12.4. The third-order valence-corrected chi connectivity index (χ3v) is 4.36. The maximum atomic E-state index is 11.8. The van der Waals surface area contributed by atoms with Crippen LogP contribution in [0.4, 0.5) is 0 Å². The van der Waals surface area contributed by atoms with Crippen LogP contribution >= 0.6 is 0 Å². The van der Waals surface area contributed by atoms with Crippen molar-refractivity contribution in [3.05, 3.63) is 35.4 Å². The SMILES string of the molecule is CN(C)S(=O)(=O)N(C)Cc1ccc(CN)cc1. The summed E-state index contributed by atoms with van der Waals surface area (Å²) in [4.78, 5) is 0. The van der Waals surface area contributed by atoms with Gasteiger partial charge in [0.05, 0.1) is 0 Å². The van der Waals surface area contributed by atoms with Gasteiger partial charge in [-0.2, -0.15) is 17.0 Å². The van der Waals surface area contributed by atoms with E-state index in [2.05, 4.69) is 0 Å². The smallest absolute Gasteiger partial charge is 0.281 e. The zero-order valence-corrected chi connectivity index (χ0v) is 11.2. The average molecular weight is 257 g/mol. The van der Waals surface area contributed by atoms with Crippen molar-refractivity contribution < 1.29 is 8.42 Å². The Bertz CT molecular complexity index is 454. The van der Waals surface area contributed by atoms with Crippen molar-refractivity contribution in [2.45, 2.75) is 13.1 Å². The third-order valence-electron chi connectivity index (χ3n) is 2.52. The standard InChI is InChI=1S/C11H19N3O2S/c1-13(2)17(15,16)14(3)9-11-6-4-10(8-12)5-7-11/h4-7H,8-9,12H2,1-3H3. The molecule has 6 heteroatoms. The number of rotatable bonds is 5. The van der Waals surface area contributed by atoms with Gasteiger partial charge in [-0.3, -0.25) is 0 Å². The molecule has 0 atom stereocenters. The maximum Gasteiger partial charge on any atom is 0.281 e. The Labute approximate surface area is 103 Å². The third kappa shape index (κ3) is 3.50. The predicted molar refractivity (Wildman–Crippen MR) is 68.4 cm³/mol. The van der Waals surface area contributed by atoms with Crippen molar-refractivity contribution in [1.82, 2.24) is 8.61 Å². The molecule has 0 radical (unpaired) electrons. The molecule has 96 valence electrons. The molecule has 1 aromatic carbocycles. The molecule has 0 aliphatic heterocycles. The lowest BCUT2D eigenvalue weighted by molar-refractivity contribution is 0.414. The van der Waals surface area contributed by atoms with Crippen LogP contribution in [0.1, 0.15) is 11.1 Å². The summed E-state index contributed by atoms with van der Waals surface area (Å²) in [6.07, 6.45) is 0. The van der Waals surface area contributed by atoms with Gasteiger partial charge in [-0.25, -0.2) is 0 Å². The second kappa shape index (κ2) is 5.59. The van der Waals surface area contributed by atoms with Crippen LogP contribution in [0.25, 0.3) is 0 Å². The fourth-order valence-electron chi connectivity index (χ4n) is 1.40. The Morgan fingerprint density at radius 2 is 1.53 bits per heavy atom. The molecule has 0 aromatic heterocycles. The second-order valence-corrected chi connectivity index (χ2v) is 6.32. The molecule has 0 aliphatic rings. The first-order valence-electron chi connectivity index (χ1n) is 5.29. The minimum Gasteiger partial charge on any atom is -0.326 e. The minimum absolute atomic E-state index is 0.353. The zero-order chi connectivity index (χ0) is 13.1. The van der Waals surface area contributed by atoms with E-state index in [-0.39, 0.29) is 0 Å². The van der Waals surface area contributed by atoms with E-state index in [1.807, 2.05) is 24.3 Å². The molecule has 0 aliphatic carbocycles. The largest absolute Gasteiger partial charge is 0.326 e. The predicted octanol–water partition coefficient (Wildman–Crippen LogP) is 0.384. The summed E-state index contributed by atoms with van der Waals surface area (Å²) < 4.78 is 26.1. The van der Waals surface area contributed by atoms with Crippen LogP contribution in [0.15, 0.2) is 24.3 Å². The first-order chi connectivity index (χ1) is 7.87. The molecule has 2 N–H and O–H groups in total. The van der Waals surface area contributed by atoms with Gasteiger partial charge in [0.15, 0.2) is 0 Å². The Morgan fingerprint density at radius 3 is 1.94 bits per heavy atom. The van der Waals surface area contributed by atoms with E-state index < -0.39 is 10.2 Å². The highest BCUT2D eigenvalue weighted by Gasteiger charge is 2.20. The Morgan fingerprint density at radius 1 is 1.06 bits per heavy atom. The summed E-state index contributed by atoms with van der Waals surface area (Å²) >= 11 is 0. The lowest BCUT2D eigenvalue weighted by atomic mass is 10.1. The van der Waals surface area contributed by atoms with Crippen LogP contribution in [-0.4, -0.2) is 38.2 Å². The van der Waals surface area contributed by atoms with Gasteiger partial charge in [-0.05, 0) is 11.1 Å². The number of hydrogen-bond donors (Lipinski definition) is 1. The quantitative estimate of drug-likeness (QED) is 0.829. The topological polar surface area (TPSA) is 66.6 Å². The maximum absolute atomic E-state index is 11.8. The fourth-order valence-corrected chi connectivity index (χ4v) is 2.27. The molecular formula is C11H19N3O2S. The van der Waals surface area contributed by atoms with Crippen LogP contribution < -0.4 is 5.73 Å². The summed E-state index contributed by atoms with van der Waals surface area (Å²) in [5.74, 6) is 0. The molecular weight excluding hydrogens is 238 g/mol. The molecule has 1 rings (SSSR count). The highest BCUT2D eigenvalue weighted by molar-refractivity contribution is 7.86. The Balaban J connectivity index is 2.78. The summed E-state index contributed by atoms with van der Waals surface area (Å²) in [5, 5.41) is 0. The van der Waals surface area contributed by atoms with Crippen LogP contribution in [0, 0.1) is 0 Å². The van der Waals surface area contributed by atoms with E-state index in [0.717, 1.165) is 11.1 Å². The van der Waals surface area contributed by atoms with Gasteiger partial charge in [-0.1, -0.05) is 24.3 Å². The van der Waals surface area contributed by atoms with E-state index in [1.54, 1.807) is 7.05 Å². The van der Waals surface area contributed by atoms with Crippen LogP contribution in [0.5, 0.6) is 0 Å². The molecule has 0 amide bonds. The highest BCUT2D eigenvalue weighted by atomic mass is 32.2. The van der Waals surface area contributed by atoms with Crippen molar-refractivity contribution in [2.75, 3.05) is 21.1 Å². The van der Waals surface area contributed by atoms with Crippen molar-refractivity contribution >= 4 is 10.2 Å². The summed E-state index contributed by atoms with van der Waals surface area (Å²) in [6, 6.07) is 7.60. The number of nitrogens with zero attached hydrogens (tertiary/aromatic N) is 2. The van der Waals surface area contributed by atoms with Crippen LogP contribution in [0.2, 0.25) is 0 Å². The number of hydrogen-bond acceptors (Lipinski definition) is 3. The van der Waals surface area contributed by atoms with Crippen molar-refractivity contribution in [1.29, 1.82) is 0 Å². The molecule has 0 heterocycles. The van der Waals surface area contributed by atoms with E-state index in [4.69, 9.17) is 5.73 Å². The van der Waals surface area contributed by atoms with Crippen molar-refractivity contribution in [2.24, 2.45) is 5.73 Å². The highest BCUT2D eigenvalue weighted by Crippen LogP contribution is 2.10. The minimum atomic E-state index is -3.35. The Kier molecular flexibility index (Phi) is 4.64. The fraction of sp³-hybridized carbons (Fsp3) is 0.455. The number of benzene rings is 1. The van der Waals surface area contributed by atoms with E-state index in [1.165, 1.54) is 22.7 Å². The molecule has 0 saturated carbocycles. The van der Waals surface area contributed by atoms with Crippen molar-refractivity contribution in [3.8, 4) is 0 Å². The van der Waals surface area contributed by atoms with E-state index in [0.29, 0.717) is 13.1 Å². The number of nitrogens with two attached hydrogens (primary N) is 1. The van der Waals surface area contributed by atoms with Gasteiger partial charge in [0, 0.05) is 34.2 Å². The Hall–Kier alpha value is -0.950. The van der Waals surface area contributed by atoms with Gasteiger partial charge < -0.3 is 5.73 Å². The molecule has 0 fully saturated rings. The van der Waals surface area contributed by atoms with E-state index in [9.17, 15) is 8.42 Å². The monoisotopic (exact) mass is 257 g/mol. The molecule has 0 unspecified atom stereocenters. The van der Waals surface area contributed by atoms with Gasteiger partial charge in [0.25, 0.3) is 10.2 Å². The second-order valence-electron chi connectivity index (χ2n) is 4.07. The molecule has 0 bridgehead atoms. The lowest BCUT2D eigenvalue weighted by Gasteiger charge is -2.21. The first kappa shape index (κ1) is 14.1.